The molecular weight excluding hydrogens is 248 g/mol. The molecule has 1 aliphatic rings. The summed E-state index contributed by atoms with van der Waals surface area (Å²) in [5.74, 6) is 0.0348. The van der Waals surface area contributed by atoms with Gasteiger partial charge in [-0.05, 0) is 44.4 Å². The Bertz CT molecular complexity index is 445. The molecule has 3 nitrogen and oxygen atoms in total. The third-order valence-corrected chi connectivity index (χ3v) is 4.32. The molecule has 0 spiro atoms. The number of aromatic carboxylic acids is 1. The van der Waals surface area contributed by atoms with E-state index < -0.39 is 5.97 Å². The highest BCUT2D eigenvalue weighted by molar-refractivity contribution is 7.99. The van der Waals surface area contributed by atoms with E-state index in [4.69, 9.17) is 9.84 Å². The predicted octanol–water partition coefficient (Wildman–Crippen LogP) is 3.35. The fraction of sp³-hybridized carbons (Fsp3) is 0.500. The molecule has 1 aliphatic heterocycles. The fourth-order valence-corrected chi connectivity index (χ4v) is 3.11. The van der Waals surface area contributed by atoms with E-state index >= 15 is 0 Å². The Kier molecular flexibility index (Phi) is 4.30. The standard InChI is InChI=1S/C14H18O3S/c1-9-3-6-12(7-13(9)14(15)16)18-8-11-5-4-10(2)17-11/h3,6-7,10-11H,4-5,8H2,1-2H3,(H,15,16). The van der Waals surface area contributed by atoms with Crippen molar-refractivity contribution in [2.75, 3.05) is 5.75 Å². The number of carboxylic acids is 1. The maximum absolute atomic E-state index is 11.0. The number of rotatable bonds is 4. The van der Waals surface area contributed by atoms with E-state index in [0.717, 1.165) is 29.1 Å². The van der Waals surface area contributed by atoms with Gasteiger partial charge in [-0.15, -0.1) is 11.8 Å². The van der Waals surface area contributed by atoms with Gasteiger partial charge in [0.25, 0.3) is 0 Å². The maximum Gasteiger partial charge on any atom is 0.335 e. The number of hydrogen-bond acceptors (Lipinski definition) is 3. The minimum Gasteiger partial charge on any atom is -0.478 e. The van der Waals surface area contributed by atoms with Gasteiger partial charge in [-0.2, -0.15) is 0 Å². The lowest BCUT2D eigenvalue weighted by atomic mass is 10.1. The molecule has 0 amide bonds. The van der Waals surface area contributed by atoms with Crippen LogP contribution >= 0.6 is 11.8 Å². The van der Waals surface area contributed by atoms with Gasteiger partial charge >= 0.3 is 5.97 Å². The van der Waals surface area contributed by atoms with Gasteiger partial charge in [-0.3, -0.25) is 0 Å². The Morgan fingerprint density at radius 2 is 2.28 bits per heavy atom. The summed E-state index contributed by atoms with van der Waals surface area (Å²) in [6.45, 7) is 3.92. The summed E-state index contributed by atoms with van der Waals surface area (Å²) < 4.78 is 5.75. The number of benzene rings is 1. The normalized spacial score (nSPS) is 23.2. The van der Waals surface area contributed by atoms with Gasteiger partial charge in [-0.1, -0.05) is 6.07 Å². The van der Waals surface area contributed by atoms with Crippen LogP contribution < -0.4 is 0 Å². The van der Waals surface area contributed by atoms with Gasteiger partial charge in [0, 0.05) is 10.6 Å². The second-order valence-electron chi connectivity index (χ2n) is 4.74. The van der Waals surface area contributed by atoms with Crippen molar-refractivity contribution < 1.29 is 14.6 Å². The third-order valence-electron chi connectivity index (χ3n) is 3.20. The average molecular weight is 266 g/mol. The first-order valence-electron chi connectivity index (χ1n) is 6.18. The Hall–Kier alpha value is -1.00. The van der Waals surface area contributed by atoms with Crippen LogP contribution in [-0.4, -0.2) is 29.0 Å². The van der Waals surface area contributed by atoms with Crippen molar-refractivity contribution >= 4 is 17.7 Å². The summed E-state index contributed by atoms with van der Waals surface area (Å²) >= 11 is 1.67. The lowest BCUT2D eigenvalue weighted by Crippen LogP contribution is -2.10. The van der Waals surface area contributed by atoms with Crippen LogP contribution in [0.4, 0.5) is 0 Å². The van der Waals surface area contributed by atoms with Crippen molar-refractivity contribution in [3.63, 3.8) is 0 Å². The second-order valence-corrected chi connectivity index (χ2v) is 5.83. The minimum atomic E-state index is -0.860. The van der Waals surface area contributed by atoms with Gasteiger partial charge < -0.3 is 9.84 Å². The van der Waals surface area contributed by atoms with Crippen LogP contribution in [0.15, 0.2) is 23.1 Å². The molecule has 98 valence electrons. The first kappa shape index (κ1) is 13.4. The van der Waals surface area contributed by atoms with Gasteiger partial charge in [0.1, 0.15) is 0 Å². The first-order chi connectivity index (χ1) is 8.56. The lowest BCUT2D eigenvalue weighted by Gasteiger charge is -2.11. The van der Waals surface area contributed by atoms with E-state index in [2.05, 4.69) is 6.92 Å². The summed E-state index contributed by atoms with van der Waals surface area (Å²) in [4.78, 5) is 12.0. The van der Waals surface area contributed by atoms with E-state index in [1.807, 2.05) is 19.1 Å². The predicted molar refractivity (Wildman–Crippen MR) is 72.4 cm³/mol. The molecule has 18 heavy (non-hydrogen) atoms. The molecule has 1 aromatic carbocycles. The monoisotopic (exact) mass is 266 g/mol. The molecule has 1 heterocycles. The summed E-state index contributed by atoms with van der Waals surface area (Å²) in [6.07, 6.45) is 2.90. The average Bonchev–Trinajstić information content (AvgIpc) is 2.74. The van der Waals surface area contributed by atoms with Crippen molar-refractivity contribution in [2.45, 2.75) is 43.8 Å². The van der Waals surface area contributed by atoms with Crippen LogP contribution in [0.5, 0.6) is 0 Å². The third kappa shape index (κ3) is 3.27. The first-order valence-corrected chi connectivity index (χ1v) is 7.17. The topological polar surface area (TPSA) is 46.5 Å². The molecule has 1 aromatic rings. The SMILES string of the molecule is Cc1ccc(SCC2CCC(C)O2)cc1C(=O)O. The molecule has 2 rings (SSSR count). The molecular formula is C14H18O3S. The van der Waals surface area contributed by atoms with Crippen LogP contribution in [0.3, 0.4) is 0 Å². The van der Waals surface area contributed by atoms with E-state index in [0.29, 0.717) is 17.8 Å². The molecule has 1 N–H and O–H groups in total. The highest BCUT2D eigenvalue weighted by Crippen LogP contribution is 2.27. The van der Waals surface area contributed by atoms with Crippen LogP contribution in [0, 0.1) is 6.92 Å². The van der Waals surface area contributed by atoms with Crippen molar-refractivity contribution in [1.82, 2.24) is 0 Å². The van der Waals surface area contributed by atoms with Gasteiger partial charge in [0.15, 0.2) is 0 Å². The minimum absolute atomic E-state index is 0.305. The summed E-state index contributed by atoms with van der Waals surface area (Å²) in [5, 5.41) is 9.07. The highest BCUT2D eigenvalue weighted by Gasteiger charge is 2.21. The van der Waals surface area contributed by atoms with E-state index in [-0.39, 0.29) is 0 Å². The molecule has 0 aromatic heterocycles. The summed E-state index contributed by atoms with van der Waals surface area (Å²) in [6, 6.07) is 5.59. The van der Waals surface area contributed by atoms with Crippen molar-refractivity contribution in [3.05, 3.63) is 29.3 Å². The Balaban J connectivity index is 1.97. The smallest absolute Gasteiger partial charge is 0.335 e. The second kappa shape index (κ2) is 5.76. The summed E-state index contributed by atoms with van der Waals surface area (Å²) in [5.41, 5.74) is 1.19. The number of carboxylic acid groups (broad SMARTS) is 1. The van der Waals surface area contributed by atoms with E-state index in [9.17, 15) is 4.79 Å². The van der Waals surface area contributed by atoms with Crippen LogP contribution in [-0.2, 0) is 4.74 Å². The quantitative estimate of drug-likeness (QED) is 0.849. The van der Waals surface area contributed by atoms with Crippen molar-refractivity contribution in [3.8, 4) is 0 Å². The van der Waals surface area contributed by atoms with Crippen LogP contribution in [0.2, 0.25) is 0 Å². The summed E-state index contributed by atoms with van der Waals surface area (Å²) in [7, 11) is 0. The zero-order chi connectivity index (χ0) is 13.1. The van der Waals surface area contributed by atoms with Crippen LogP contribution in [0.25, 0.3) is 0 Å². The Labute approximate surface area is 112 Å². The Morgan fingerprint density at radius 3 is 2.89 bits per heavy atom. The molecule has 1 fully saturated rings. The highest BCUT2D eigenvalue weighted by atomic mass is 32.2. The molecule has 2 atom stereocenters. The zero-order valence-electron chi connectivity index (χ0n) is 10.7. The molecule has 1 saturated heterocycles. The van der Waals surface area contributed by atoms with Crippen molar-refractivity contribution in [1.29, 1.82) is 0 Å². The van der Waals surface area contributed by atoms with E-state index in [1.54, 1.807) is 17.8 Å². The van der Waals surface area contributed by atoms with Gasteiger partial charge in [-0.25, -0.2) is 4.79 Å². The number of carbonyl (C=O) groups is 1. The van der Waals surface area contributed by atoms with E-state index in [1.165, 1.54) is 0 Å². The molecule has 2 unspecified atom stereocenters. The number of hydrogen-bond donors (Lipinski definition) is 1. The van der Waals surface area contributed by atoms with Crippen LogP contribution in [0.1, 0.15) is 35.7 Å². The van der Waals surface area contributed by atoms with Crippen molar-refractivity contribution in [2.24, 2.45) is 0 Å². The lowest BCUT2D eigenvalue weighted by molar-refractivity contribution is 0.0693. The molecule has 0 bridgehead atoms. The zero-order valence-corrected chi connectivity index (χ0v) is 11.5. The molecule has 0 aliphatic carbocycles. The number of ether oxygens (including phenoxy) is 1. The Morgan fingerprint density at radius 1 is 1.50 bits per heavy atom. The van der Waals surface area contributed by atoms with Gasteiger partial charge in [0.2, 0.25) is 0 Å². The fourth-order valence-electron chi connectivity index (χ4n) is 2.12. The van der Waals surface area contributed by atoms with Gasteiger partial charge in [0.05, 0.1) is 17.8 Å². The number of aryl methyl sites for hydroxylation is 1. The molecule has 0 saturated carbocycles. The maximum atomic E-state index is 11.0. The molecule has 4 heteroatoms. The number of thioether (sulfide) groups is 1. The molecule has 0 radical (unpaired) electrons. The largest absolute Gasteiger partial charge is 0.478 e.